The second-order valence-electron chi connectivity index (χ2n) is 4.84. The average molecular weight is 350 g/mol. The van der Waals surface area contributed by atoms with Gasteiger partial charge in [0.05, 0.1) is 17.6 Å². The zero-order valence-corrected chi connectivity index (χ0v) is 13.7. The molecule has 3 aromatic rings. The van der Waals surface area contributed by atoms with Crippen molar-refractivity contribution in [3.8, 4) is 0 Å². The normalized spacial score (nSPS) is 11.3. The third-order valence-electron chi connectivity index (χ3n) is 3.26. The van der Waals surface area contributed by atoms with Crippen molar-refractivity contribution in [2.45, 2.75) is 26.3 Å². The van der Waals surface area contributed by atoms with Crippen molar-refractivity contribution in [2.24, 2.45) is 0 Å². The maximum atomic E-state index is 5.86. The number of nitrogen functional groups attached to an aromatic ring is 1. The highest BCUT2D eigenvalue weighted by molar-refractivity contribution is 9.10. The fraction of sp³-hybridized carbons (Fsp3) is 0.267. The van der Waals surface area contributed by atoms with Gasteiger partial charge in [-0.3, -0.25) is 0 Å². The molecule has 3 rings (SSSR count). The summed E-state index contributed by atoms with van der Waals surface area (Å²) < 4.78 is 3.44. The standard InChI is InChI=1S/C15H16BrN3S/c1-2-3-15-18-13-7-11(17)4-5-14(13)19(15)8-12-6-10(16)9-20-12/h4-7,9H,2-3,8,17H2,1H3. The number of nitrogens with zero attached hydrogens (tertiary/aromatic N) is 2. The van der Waals surface area contributed by atoms with E-state index in [4.69, 9.17) is 10.7 Å². The largest absolute Gasteiger partial charge is 0.399 e. The summed E-state index contributed by atoms with van der Waals surface area (Å²) in [6.45, 7) is 3.05. The zero-order valence-electron chi connectivity index (χ0n) is 11.3. The van der Waals surface area contributed by atoms with Gasteiger partial charge in [0, 0.05) is 26.8 Å². The number of hydrogen-bond donors (Lipinski definition) is 1. The number of aryl methyl sites for hydroxylation is 1. The molecular weight excluding hydrogens is 334 g/mol. The molecule has 0 unspecified atom stereocenters. The van der Waals surface area contributed by atoms with Gasteiger partial charge in [-0.05, 0) is 46.6 Å². The van der Waals surface area contributed by atoms with Crippen LogP contribution in [0.25, 0.3) is 11.0 Å². The number of hydrogen-bond acceptors (Lipinski definition) is 3. The summed E-state index contributed by atoms with van der Waals surface area (Å²) in [5.74, 6) is 1.14. The zero-order chi connectivity index (χ0) is 14.1. The van der Waals surface area contributed by atoms with Gasteiger partial charge in [0.15, 0.2) is 0 Å². The van der Waals surface area contributed by atoms with Crippen LogP contribution in [-0.2, 0) is 13.0 Å². The molecule has 1 aromatic carbocycles. The first-order valence-electron chi connectivity index (χ1n) is 6.65. The van der Waals surface area contributed by atoms with E-state index in [-0.39, 0.29) is 0 Å². The lowest BCUT2D eigenvalue weighted by molar-refractivity contribution is 0.728. The molecule has 20 heavy (non-hydrogen) atoms. The number of fused-ring (bicyclic) bond motifs is 1. The van der Waals surface area contributed by atoms with Crippen LogP contribution >= 0.6 is 27.3 Å². The molecule has 0 aliphatic carbocycles. The number of halogens is 1. The SMILES string of the molecule is CCCc1nc2cc(N)ccc2n1Cc1cc(Br)cs1. The fourth-order valence-corrected chi connectivity index (χ4v) is 3.82. The van der Waals surface area contributed by atoms with Crippen LogP contribution in [0.4, 0.5) is 5.69 Å². The van der Waals surface area contributed by atoms with E-state index in [9.17, 15) is 0 Å². The molecule has 0 saturated heterocycles. The van der Waals surface area contributed by atoms with Crippen molar-refractivity contribution in [1.82, 2.24) is 9.55 Å². The molecule has 2 aromatic heterocycles. The lowest BCUT2D eigenvalue weighted by Crippen LogP contribution is -2.04. The van der Waals surface area contributed by atoms with E-state index >= 15 is 0 Å². The number of imidazole rings is 1. The van der Waals surface area contributed by atoms with Crippen LogP contribution in [0, 0.1) is 0 Å². The van der Waals surface area contributed by atoms with Crippen molar-refractivity contribution < 1.29 is 0 Å². The molecule has 0 bridgehead atoms. The summed E-state index contributed by atoms with van der Waals surface area (Å²) in [5, 5.41) is 2.12. The Morgan fingerprint density at radius 3 is 2.90 bits per heavy atom. The second-order valence-corrected chi connectivity index (χ2v) is 6.76. The highest BCUT2D eigenvalue weighted by Gasteiger charge is 2.11. The highest BCUT2D eigenvalue weighted by atomic mass is 79.9. The highest BCUT2D eigenvalue weighted by Crippen LogP contribution is 2.25. The van der Waals surface area contributed by atoms with Gasteiger partial charge in [0.2, 0.25) is 0 Å². The molecule has 0 amide bonds. The van der Waals surface area contributed by atoms with Gasteiger partial charge in [-0.25, -0.2) is 4.98 Å². The molecule has 0 aliphatic heterocycles. The monoisotopic (exact) mass is 349 g/mol. The Morgan fingerprint density at radius 2 is 2.20 bits per heavy atom. The van der Waals surface area contributed by atoms with Gasteiger partial charge < -0.3 is 10.3 Å². The Balaban J connectivity index is 2.08. The van der Waals surface area contributed by atoms with Crippen LogP contribution in [0.15, 0.2) is 34.1 Å². The Kier molecular flexibility index (Phi) is 3.81. The van der Waals surface area contributed by atoms with Gasteiger partial charge >= 0.3 is 0 Å². The van der Waals surface area contributed by atoms with Crippen LogP contribution in [0.5, 0.6) is 0 Å². The topological polar surface area (TPSA) is 43.8 Å². The second kappa shape index (κ2) is 5.58. The quantitative estimate of drug-likeness (QED) is 0.707. The summed E-state index contributed by atoms with van der Waals surface area (Å²) in [4.78, 5) is 6.07. The van der Waals surface area contributed by atoms with Gasteiger partial charge in [-0.1, -0.05) is 6.92 Å². The molecule has 0 spiro atoms. The molecule has 5 heteroatoms. The first-order valence-corrected chi connectivity index (χ1v) is 8.32. The molecule has 104 valence electrons. The maximum Gasteiger partial charge on any atom is 0.110 e. The molecule has 3 nitrogen and oxygen atoms in total. The van der Waals surface area contributed by atoms with Crippen molar-refractivity contribution in [3.05, 3.63) is 44.8 Å². The molecule has 0 aliphatic rings. The number of aromatic nitrogens is 2. The Labute approximate surface area is 130 Å². The predicted octanol–water partition coefficient (Wildman–Crippen LogP) is 4.44. The summed E-state index contributed by atoms with van der Waals surface area (Å²) in [7, 11) is 0. The minimum Gasteiger partial charge on any atom is -0.399 e. The molecule has 0 fully saturated rings. The van der Waals surface area contributed by atoms with Gasteiger partial charge in [-0.15, -0.1) is 11.3 Å². The van der Waals surface area contributed by atoms with E-state index in [1.54, 1.807) is 11.3 Å². The molecule has 2 N–H and O–H groups in total. The van der Waals surface area contributed by atoms with Crippen LogP contribution in [0.3, 0.4) is 0 Å². The number of benzene rings is 1. The summed E-state index contributed by atoms with van der Waals surface area (Å²) in [5.41, 5.74) is 8.78. The number of thiophene rings is 1. The van der Waals surface area contributed by atoms with E-state index < -0.39 is 0 Å². The Hall–Kier alpha value is -1.33. The molecule has 2 heterocycles. The minimum absolute atomic E-state index is 0.768. The molecule has 0 atom stereocenters. The van der Waals surface area contributed by atoms with Gasteiger partial charge in [-0.2, -0.15) is 0 Å². The van der Waals surface area contributed by atoms with Gasteiger partial charge in [0.1, 0.15) is 5.82 Å². The first kappa shape index (κ1) is 13.6. The fourth-order valence-electron chi connectivity index (χ4n) is 2.38. The van der Waals surface area contributed by atoms with Crippen LogP contribution in [0.1, 0.15) is 24.0 Å². The van der Waals surface area contributed by atoms with Crippen LogP contribution < -0.4 is 5.73 Å². The van der Waals surface area contributed by atoms with Crippen LogP contribution in [0.2, 0.25) is 0 Å². The average Bonchev–Trinajstić information content (AvgIpc) is 2.95. The van der Waals surface area contributed by atoms with Gasteiger partial charge in [0.25, 0.3) is 0 Å². The summed E-state index contributed by atoms with van der Waals surface area (Å²) >= 11 is 5.28. The molecular formula is C15H16BrN3S. The van der Waals surface area contributed by atoms with E-state index in [2.05, 4.69) is 44.9 Å². The molecule has 0 radical (unpaired) electrons. The Morgan fingerprint density at radius 1 is 1.35 bits per heavy atom. The Bertz CT molecular complexity index is 745. The van der Waals surface area contributed by atoms with Crippen LogP contribution in [-0.4, -0.2) is 9.55 Å². The van der Waals surface area contributed by atoms with Crippen molar-refractivity contribution >= 4 is 44.0 Å². The summed E-state index contributed by atoms with van der Waals surface area (Å²) in [6, 6.07) is 8.14. The first-order chi connectivity index (χ1) is 9.67. The number of anilines is 1. The van der Waals surface area contributed by atoms with E-state index in [1.165, 1.54) is 4.88 Å². The van der Waals surface area contributed by atoms with E-state index in [1.807, 2.05) is 12.1 Å². The lowest BCUT2D eigenvalue weighted by Gasteiger charge is -2.07. The maximum absolute atomic E-state index is 5.86. The summed E-state index contributed by atoms with van der Waals surface area (Å²) in [6.07, 6.45) is 2.08. The van der Waals surface area contributed by atoms with Crippen molar-refractivity contribution in [2.75, 3.05) is 5.73 Å². The minimum atomic E-state index is 0.768. The predicted molar refractivity (Wildman–Crippen MR) is 89.3 cm³/mol. The third-order valence-corrected chi connectivity index (χ3v) is 4.94. The third kappa shape index (κ3) is 2.60. The van der Waals surface area contributed by atoms with E-state index in [0.717, 1.165) is 46.4 Å². The van der Waals surface area contributed by atoms with Crippen molar-refractivity contribution in [3.63, 3.8) is 0 Å². The number of nitrogens with two attached hydrogens (primary N) is 1. The van der Waals surface area contributed by atoms with E-state index in [0.29, 0.717) is 0 Å². The lowest BCUT2D eigenvalue weighted by atomic mass is 10.3. The smallest absolute Gasteiger partial charge is 0.110 e. The van der Waals surface area contributed by atoms with Crippen molar-refractivity contribution in [1.29, 1.82) is 0 Å². The number of rotatable bonds is 4. The molecule has 0 saturated carbocycles.